The second-order valence-electron chi connectivity index (χ2n) is 20.9. The molecule has 3 heterocycles. The predicted molar refractivity (Wildman–Crippen MR) is 298 cm³/mol. The molecule has 6 nitrogen and oxygen atoms in total. The molecule has 0 bridgehead atoms. The first-order valence-electron chi connectivity index (χ1n) is 24.7. The van der Waals surface area contributed by atoms with E-state index in [2.05, 4.69) is 184 Å². The van der Waals surface area contributed by atoms with Crippen molar-refractivity contribution >= 4 is 43.6 Å². The van der Waals surface area contributed by atoms with Gasteiger partial charge in [0.05, 0.1) is 45.1 Å². The first-order valence-corrected chi connectivity index (χ1v) is 24.7. The van der Waals surface area contributed by atoms with E-state index < -0.39 is 0 Å². The average molecular weight is 929 g/mol. The maximum Gasteiger partial charge on any atom is 0.164 e. The van der Waals surface area contributed by atoms with Gasteiger partial charge in [0, 0.05) is 49.4 Å². The van der Waals surface area contributed by atoms with Crippen molar-refractivity contribution in [1.29, 1.82) is 5.26 Å². The number of rotatable bonds is 7. The fourth-order valence-corrected chi connectivity index (χ4v) is 10.3. The fourth-order valence-electron chi connectivity index (χ4n) is 10.3. The Bertz CT molecular complexity index is 4060. The lowest BCUT2D eigenvalue weighted by Crippen LogP contribution is -2.10. The van der Waals surface area contributed by atoms with Crippen molar-refractivity contribution in [3.05, 3.63) is 223 Å². The maximum absolute atomic E-state index is 10.1. The van der Waals surface area contributed by atoms with Gasteiger partial charge in [-0.3, -0.25) is 0 Å². The van der Waals surface area contributed by atoms with E-state index in [4.69, 9.17) is 15.0 Å². The summed E-state index contributed by atoms with van der Waals surface area (Å²) in [5, 5.41) is 14.8. The monoisotopic (exact) mass is 928 g/mol. The van der Waals surface area contributed by atoms with Gasteiger partial charge in [0.15, 0.2) is 17.5 Å². The van der Waals surface area contributed by atoms with Crippen molar-refractivity contribution in [3.8, 4) is 73.9 Å². The number of hydrogen-bond donors (Lipinski definition) is 0. The Balaban J connectivity index is 1.20. The van der Waals surface area contributed by atoms with Gasteiger partial charge >= 0.3 is 0 Å². The molecule has 0 aliphatic carbocycles. The van der Waals surface area contributed by atoms with Gasteiger partial charge in [-0.25, -0.2) is 15.0 Å². The highest BCUT2D eigenvalue weighted by Crippen LogP contribution is 2.45. The molecule has 0 aliphatic rings. The van der Waals surface area contributed by atoms with E-state index in [0.29, 0.717) is 23.0 Å². The molecule has 12 rings (SSSR count). The van der Waals surface area contributed by atoms with Crippen LogP contribution in [0.15, 0.2) is 206 Å². The molecular weight excluding hydrogens is 877 g/mol. The standard InChI is InChI=1S/C66H52N6/c1-65(2,3)48-30-34-59-54(39-48)50-24-13-15-26-56(50)71(59)58-33-29-47(64-69-62(43-19-9-7-10-20-43)68-63(70-64)44-21-11-8-12-22-44)37-53(58)52-32-28-46(45-23-17-18-42(36-45)41-67)38-61(52)72-57-27-16-14-25-51(57)55-40-49(66(4,5)6)31-35-60(55)72/h7-40H,1-6H3. The van der Waals surface area contributed by atoms with Gasteiger partial charge < -0.3 is 9.13 Å². The van der Waals surface area contributed by atoms with Crippen molar-refractivity contribution in [3.63, 3.8) is 0 Å². The quantitative estimate of drug-likeness (QED) is 0.160. The summed E-state index contributed by atoms with van der Waals surface area (Å²) in [6.07, 6.45) is 0. The molecule has 3 aromatic heterocycles. The first kappa shape index (κ1) is 44.3. The number of fused-ring (bicyclic) bond motifs is 6. The third-order valence-corrected chi connectivity index (χ3v) is 14.1. The van der Waals surface area contributed by atoms with Crippen LogP contribution in [0, 0.1) is 11.3 Å². The lowest BCUT2D eigenvalue weighted by molar-refractivity contribution is 0.591. The van der Waals surface area contributed by atoms with Gasteiger partial charge in [0.2, 0.25) is 0 Å². The number of nitriles is 1. The number of aromatic nitrogens is 5. The molecule has 0 radical (unpaired) electrons. The molecular formula is C66H52N6. The highest BCUT2D eigenvalue weighted by Gasteiger charge is 2.25. The second-order valence-corrected chi connectivity index (χ2v) is 20.9. The van der Waals surface area contributed by atoms with E-state index in [1.807, 2.05) is 78.9 Å². The van der Waals surface area contributed by atoms with Crippen LogP contribution in [-0.4, -0.2) is 24.1 Å². The summed E-state index contributed by atoms with van der Waals surface area (Å²) in [7, 11) is 0. The SMILES string of the molecule is CC(C)(C)c1ccc2c(c1)c1ccccc1n2-c1ccc(-c2nc(-c3ccccc3)nc(-c3ccccc3)n2)cc1-c1ccc(-c2cccc(C#N)c2)cc1-n1c2ccccc2c2cc(C(C)(C)C)ccc21. The molecule has 0 saturated carbocycles. The van der Waals surface area contributed by atoms with E-state index in [0.717, 1.165) is 72.4 Å². The normalized spacial score (nSPS) is 12.0. The van der Waals surface area contributed by atoms with Gasteiger partial charge in [0.1, 0.15) is 0 Å². The van der Waals surface area contributed by atoms with E-state index in [9.17, 15) is 5.26 Å². The van der Waals surface area contributed by atoms with E-state index in [-0.39, 0.29) is 10.8 Å². The zero-order valence-electron chi connectivity index (χ0n) is 41.3. The van der Waals surface area contributed by atoms with Gasteiger partial charge in [0.25, 0.3) is 0 Å². The van der Waals surface area contributed by atoms with Gasteiger partial charge in [-0.05, 0) is 106 Å². The summed E-state index contributed by atoms with van der Waals surface area (Å²) in [6, 6.07) is 75.4. The molecule has 0 unspecified atom stereocenters. The highest BCUT2D eigenvalue weighted by atomic mass is 15.0. The van der Waals surface area contributed by atoms with Crippen LogP contribution in [0.4, 0.5) is 0 Å². The minimum absolute atomic E-state index is 0.0364. The third kappa shape index (κ3) is 7.71. The van der Waals surface area contributed by atoms with Crippen molar-refractivity contribution in [2.24, 2.45) is 0 Å². The highest BCUT2D eigenvalue weighted by molar-refractivity contribution is 6.12. The summed E-state index contributed by atoms with van der Waals surface area (Å²) in [6.45, 7) is 13.6. The van der Waals surface area contributed by atoms with Crippen molar-refractivity contribution in [2.75, 3.05) is 0 Å². The van der Waals surface area contributed by atoms with Gasteiger partial charge in [-0.15, -0.1) is 0 Å². The van der Waals surface area contributed by atoms with Crippen LogP contribution in [0.2, 0.25) is 0 Å². The van der Waals surface area contributed by atoms with Crippen molar-refractivity contribution in [1.82, 2.24) is 24.1 Å². The lowest BCUT2D eigenvalue weighted by atomic mass is 9.86. The Kier molecular flexibility index (Phi) is 10.6. The first-order chi connectivity index (χ1) is 34.9. The van der Waals surface area contributed by atoms with Crippen LogP contribution in [0.3, 0.4) is 0 Å². The summed E-state index contributed by atoms with van der Waals surface area (Å²) in [5.41, 5.74) is 16.2. The minimum atomic E-state index is -0.0463. The zero-order valence-corrected chi connectivity index (χ0v) is 41.3. The van der Waals surface area contributed by atoms with Crippen LogP contribution >= 0.6 is 0 Å². The smallest absolute Gasteiger partial charge is 0.164 e. The van der Waals surface area contributed by atoms with Crippen molar-refractivity contribution in [2.45, 2.75) is 52.4 Å². The molecule has 72 heavy (non-hydrogen) atoms. The van der Waals surface area contributed by atoms with E-state index in [1.54, 1.807) is 0 Å². The summed E-state index contributed by atoms with van der Waals surface area (Å²) in [4.78, 5) is 15.6. The van der Waals surface area contributed by atoms with E-state index in [1.165, 1.54) is 32.7 Å². The Morgan fingerprint density at radius 2 is 0.806 bits per heavy atom. The molecule has 346 valence electrons. The largest absolute Gasteiger partial charge is 0.309 e. The van der Waals surface area contributed by atoms with Crippen LogP contribution < -0.4 is 0 Å². The topological polar surface area (TPSA) is 72.3 Å². The zero-order chi connectivity index (χ0) is 49.3. The molecule has 0 fully saturated rings. The molecule has 0 saturated heterocycles. The van der Waals surface area contributed by atoms with Crippen LogP contribution in [0.1, 0.15) is 58.2 Å². The number of hydrogen-bond acceptors (Lipinski definition) is 4. The molecule has 0 N–H and O–H groups in total. The summed E-state index contributed by atoms with van der Waals surface area (Å²) in [5.74, 6) is 1.78. The van der Waals surface area contributed by atoms with Crippen LogP contribution in [-0.2, 0) is 10.8 Å². The number of nitrogens with zero attached hydrogens (tertiary/aromatic N) is 6. The Morgan fingerprint density at radius 3 is 1.35 bits per heavy atom. The molecule has 6 heteroatoms. The predicted octanol–water partition coefficient (Wildman–Crippen LogP) is 16.9. The molecule has 12 aromatic rings. The molecule has 0 spiro atoms. The minimum Gasteiger partial charge on any atom is -0.309 e. The average Bonchev–Trinajstić information content (AvgIpc) is 3.92. The molecule has 9 aromatic carbocycles. The number of para-hydroxylation sites is 2. The lowest BCUT2D eigenvalue weighted by Gasteiger charge is -2.22. The third-order valence-electron chi connectivity index (χ3n) is 14.1. The Hall–Kier alpha value is -8.92. The molecule has 0 aliphatic heterocycles. The molecule has 0 amide bonds. The van der Waals surface area contributed by atoms with Gasteiger partial charge in [-0.2, -0.15) is 5.26 Å². The second kappa shape index (κ2) is 17.2. The van der Waals surface area contributed by atoms with E-state index >= 15 is 0 Å². The Morgan fingerprint density at radius 1 is 0.347 bits per heavy atom. The van der Waals surface area contributed by atoms with Crippen molar-refractivity contribution < 1.29 is 0 Å². The Labute approximate surface area is 420 Å². The number of benzene rings is 9. The van der Waals surface area contributed by atoms with Gasteiger partial charge in [-0.1, -0.05) is 175 Å². The molecule has 0 atom stereocenters. The summed E-state index contributed by atoms with van der Waals surface area (Å²) >= 11 is 0. The van der Waals surface area contributed by atoms with Crippen LogP contribution in [0.25, 0.3) is 111 Å². The fraction of sp³-hybridized carbons (Fsp3) is 0.121. The maximum atomic E-state index is 10.1. The summed E-state index contributed by atoms with van der Waals surface area (Å²) < 4.78 is 4.87. The van der Waals surface area contributed by atoms with Crippen LogP contribution in [0.5, 0.6) is 0 Å².